The zero-order valence-electron chi connectivity index (χ0n) is 26.6. The van der Waals surface area contributed by atoms with Gasteiger partial charge in [-0.1, -0.05) is 95.6 Å². The number of carbonyl (C=O) groups excluding carboxylic acids is 1. The Hall–Kier alpha value is -2.10. The Morgan fingerprint density at radius 3 is 2.39 bits per heavy atom. The van der Waals surface area contributed by atoms with E-state index in [-0.39, 0.29) is 33.5 Å². The molecule has 0 spiro atoms. The third-order valence-corrected chi connectivity index (χ3v) is 14.2. The molecule has 41 heavy (non-hydrogen) atoms. The van der Waals surface area contributed by atoms with Gasteiger partial charge in [0.2, 0.25) is 0 Å². The molecule has 0 aliphatic heterocycles. The predicted molar refractivity (Wildman–Crippen MR) is 164 cm³/mol. The van der Waals surface area contributed by atoms with Crippen molar-refractivity contribution in [3.63, 3.8) is 0 Å². The minimum absolute atomic E-state index is 0.0360. The summed E-state index contributed by atoms with van der Waals surface area (Å²) in [6.45, 7) is 17.7. The van der Waals surface area contributed by atoms with Crippen LogP contribution in [0, 0.1) is 56.7 Å². The number of oxime groups is 1. The molecular weight excluding hydrogens is 506 g/mol. The van der Waals surface area contributed by atoms with Crippen LogP contribution in [0.4, 0.5) is 0 Å². The summed E-state index contributed by atoms with van der Waals surface area (Å²) in [5.74, 6) is 2.49. The van der Waals surface area contributed by atoms with Crippen LogP contribution in [0.3, 0.4) is 0 Å². The molecule has 0 amide bonds. The number of rotatable bonds is 3. The van der Waals surface area contributed by atoms with Gasteiger partial charge in [-0.15, -0.1) is 0 Å². The highest BCUT2D eigenvalue weighted by Crippen LogP contribution is 2.75. The van der Waals surface area contributed by atoms with Gasteiger partial charge in [-0.05, 0) is 115 Å². The monoisotopic (exact) mass is 559 g/mol. The minimum atomic E-state index is -0.417. The van der Waals surface area contributed by atoms with E-state index in [0.29, 0.717) is 30.3 Å². The maximum Gasteiger partial charge on any atom is 0.313 e. The third-order valence-electron chi connectivity index (χ3n) is 14.2. The molecule has 9 atom stereocenters. The Kier molecular flexibility index (Phi) is 6.87. The second-order valence-electron chi connectivity index (χ2n) is 16.4. The first kappa shape index (κ1) is 29.0. The number of fused-ring (bicyclic) bond motifs is 7. The average molecular weight is 560 g/mol. The molecule has 6 rings (SSSR count). The van der Waals surface area contributed by atoms with Crippen LogP contribution in [0.25, 0.3) is 0 Å². The molecule has 1 aromatic rings. The van der Waals surface area contributed by atoms with Crippen LogP contribution in [0.1, 0.15) is 112 Å². The molecule has 4 saturated carbocycles. The molecule has 0 bridgehead atoms. The quantitative estimate of drug-likeness (QED) is 0.174. The molecule has 0 saturated heterocycles. The van der Waals surface area contributed by atoms with E-state index >= 15 is 0 Å². The SMILES string of the molecule is C[C@H]1[C@H](C)CC[C@]2(C(=O)OCc3ccccc3)CC[C@]3(C)C(=CC[C@@H]4[C@@]5(C)C/C(=N\O)CC(C)(C)[C@@H]5CC[C@]43C)[C@H]12. The van der Waals surface area contributed by atoms with Crippen molar-refractivity contribution in [1.82, 2.24) is 0 Å². The zero-order chi connectivity index (χ0) is 29.4. The maximum absolute atomic E-state index is 14.2. The molecule has 4 nitrogen and oxygen atoms in total. The van der Waals surface area contributed by atoms with Gasteiger partial charge in [0, 0.05) is 0 Å². The van der Waals surface area contributed by atoms with E-state index in [2.05, 4.69) is 59.7 Å². The van der Waals surface area contributed by atoms with Crippen LogP contribution < -0.4 is 0 Å². The van der Waals surface area contributed by atoms with Gasteiger partial charge in [-0.25, -0.2) is 0 Å². The van der Waals surface area contributed by atoms with E-state index in [1.165, 1.54) is 12.8 Å². The summed E-state index contributed by atoms with van der Waals surface area (Å²) >= 11 is 0. The number of allylic oxidation sites excluding steroid dienone is 2. The molecule has 4 heteroatoms. The van der Waals surface area contributed by atoms with Crippen LogP contribution in [-0.2, 0) is 16.1 Å². The van der Waals surface area contributed by atoms with E-state index in [1.54, 1.807) is 5.57 Å². The molecular formula is C37H53NO3. The van der Waals surface area contributed by atoms with Gasteiger partial charge >= 0.3 is 5.97 Å². The lowest BCUT2D eigenvalue weighted by molar-refractivity contribution is -0.186. The van der Waals surface area contributed by atoms with Crippen molar-refractivity contribution in [3.8, 4) is 0 Å². The first-order valence-electron chi connectivity index (χ1n) is 16.4. The van der Waals surface area contributed by atoms with Crippen molar-refractivity contribution in [2.24, 2.45) is 61.8 Å². The highest BCUT2D eigenvalue weighted by atomic mass is 16.5. The molecule has 0 heterocycles. The van der Waals surface area contributed by atoms with Crippen LogP contribution in [0.5, 0.6) is 0 Å². The standard InChI is InChI=1S/C37H53NO3/c1-24-15-18-37(32(39)41-23-26-11-9-8-10-12-26)20-19-35(6)28(31(37)25(24)2)13-14-30-34(5)22-27(38-40)21-33(3,4)29(34)16-17-36(30,35)7/h8-13,24-25,29-31,40H,14-23H2,1-7H3/b38-27-/t24-,25+,29+,30-,31+,34+,35-,36-,37+/m1/s1. The normalized spacial score (nSPS) is 45.9. The molecule has 1 N–H and O–H groups in total. The summed E-state index contributed by atoms with van der Waals surface area (Å²) < 4.78 is 6.19. The Labute approximate surface area is 248 Å². The highest BCUT2D eigenvalue weighted by Gasteiger charge is 2.69. The van der Waals surface area contributed by atoms with Crippen LogP contribution in [0.15, 0.2) is 47.1 Å². The van der Waals surface area contributed by atoms with Crippen LogP contribution >= 0.6 is 0 Å². The summed E-state index contributed by atoms with van der Waals surface area (Å²) in [6, 6.07) is 10.1. The lowest BCUT2D eigenvalue weighted by Crippen LogP contribution is -2.65. The Morgan fingerprint density at radius 2 is 1.68 bits per heavy atom. The molecule has 0 radical (unpaired) electrons. The third kappa shape index (κ3) is 4.04. The number of esters is 1. The van der Waals surface area contributed by atoms with E-state index in [0.717, 1.165) is 56.2 Å². The van der Waals surface area contributed by atoms with Crippen molar-refractivity contribution < 1.29 is 14.7 Å². The van der Waals surface area contributed by atoms with Gasteiger partial charge in [0.15, 0.2) is 0 Å². The van der Waals surface area contributed by atoms with Crippen LogP contribution in [0.2, 0.25) is 0 Å². The summed E-state index contributed by atoms with van der Waals surface area (Å²) in [4.78, 5) is 14.2. The summed E-state index contributed by atoms with van der Waals surface area (Å²) in [5.41, 5.74) is 3.65. The van der Waals surface area contributed by atoms with Gasteiger partial charge < -0.3 is 9.94 Å². The smallest absolute Gasteiger partial charge is 0.313 e. The van der Waals surface area contributed by atoms with Crippen molar-refractivity contribution >= 4 is 11.7 Å². The summed E-state index contributed by atoms with van der Waals surface area (Å²) in [7, 11) is 0. The highest BCUT2D eigenvalue weighted by molar-refractivity contribution is 5.86. The molecule has 5 aliphatic carbocycles. The van der Waals surface area contributed by atoms with Gasteiger partial charge in [0.25, 0.3) is 0 Å². The summed E-state index contributed by atoms with van der Waals surface area (Å²) in [6.07, 6.45) is 12.0. The molecule has 0 unspecified atom stereocenters. The van der Waals surface area contributed by atoms with Crippen molar-refractivity contribution in [3.05, 3.63) is 47.5 Å². The molecule has 5 aliphatic rings. The van der Waals surface area contributed by atoms with Crippen molar-refractivity contribution in [2.75, 3.05) is 0 Å². The second-order valence-corrected chi connectivity index (χ2v) is 16.4. The van der Waals surface area contributed by atoms with E-state index in [4.69, 9.17) is 4.74 Å². The molecule has 1 aromatic carbocycles. The Morgan fingerprint density at radius 1 is 0.951 bits per heavy atom. The molecule has 4 fully saturated rings. The Bertz CT molecular complexity index is 1250. The first-order valence-corrected chi connectivity index (χ1v) is 16.4. The van der Waals surface area contributed by atoms with Crippen molar-refractivity contribution in [1.29, 1.82) is 0 Å². The fraction of sp³-hybridized carbons (Fsp3) is 0.730. The largest absolute Gasteiger partial charge is 0.460 e. The minimum Gasteiger partial charge on any atom is -0.460 e. The number of hydrogen-bond donors (Lipinski definition) is 1. The lowest BCUT2D eigenvalue weighted by atomic mass is 9.33. The zero-order valence-corrected chi connectivity index (χ0v) is 26.6. The number of ether oxygens (including phenoxy) is 1. The number of benzene rings is 1. The summed E-state index contributed by atoms with van der Waals surface area (Å²) in [5, 5.41) is 13.8. The number of hydrogen-bond acceptors (Lipinski definition) is 4. The van der Waals surface area contributed by atoms with Gasteiger partial charge in [-0.2, -0.15) is 0 Å². The molecule has 0 aromatic heterocycles. The number of nitrogens with zero attached hydrogens (tertiary/aromatic N) is 1. The lowest BCUT2D eigenvalue weighted by Gasteiger charge is -2.71. The van der Waals surface area contributed by atoms with E-state index in [9.17, 15) is 10.0 Å². The van der Waals surface area contributed by atoms with Gasteiger partial charge in [0.1, 0.15) is 6.61 Å². The van der Waals surface area contributed by atoms with Crippen LogP contribution in [-0.4, -0.2) is 16.9 Å². The average Bonchev–Trinajstić information content (AvgIpc) is 2.93. The predicted octanol–water partition coefficient (Wildman–Crippen LogP) is 9.22. The van der Waals surface area contributed by atoms with Crippen molar-refractivity contribution in [2.45, 2.75) is 113 Å². The van der Waals surface area contributed by atoms with Gasteiger partial charge in [0.05, 0.1) is 11.1 Å². The fourth-order valence-electron chi connectivity index (χ4n) is 11.8. The first-order chi connectivity index (χ1) is 19.3. The molecule has 224 valence electrons. The number of carbonyl (C=O) groups is 1. The van der Waals surface area contributed by atoms with E-state index in [1.807, 2.05) is 30.3 Å². The van der Waals surface area contributed by atoms with E-state index < -0.39 is 5.41 Å². The fourth-order valence-corrected chi connectivity index (χ4v) is 11.8. The second kappa shape index (κ2) is 9.71. The maximum atomic E-state index is 14.2. The Balaban J connectivity index is 1.39. The van der Waals surface area contributed by atoms with Gasteiger partial charge in [-0.3, -0.25) is 4.79 Å². The topological polar surface area (TPSA) is 58.9 Å².